The van der Waals surface area contributed by atoms with Gasteiger partial charge in [-0.15, -0.1) is 0 Å². The van der Waals surface area contributed by atoms with Gasteiger partial charge in [-0.2, -0.15) is 0 Å². The topological polar surface area (TPSA) is 80.8 Å². The molecule has 0 aliphatic carbocycles. The molecule has 126 valence electrons. The van der Waals surface area contributed by atoms with E-state index in [0.717, 1.165) is 0 Å². The molecule has 0 radical (unpaired) electrons. The molecule has 23 heavy (non-hydrogen) atoms. The average Bonchev–Trinajstić information content (AvgIpc) is 2.86. The van der Waals surface area contributed by atoms with Crippen molar-refractivity contribution in [2.24, 2.45) is 0 Å². The normalized spacial score (nSPS) is 19.3. The number of rotatable bonds is 4. The van der Waals surface area contributed by atoms with Crippen LogP contribution in [0.15, 0.2) is 22.7 Å². The lowest BCUT2D eigenvalue weighted by Gasteiger charge is -2.23. The molecule has 1 aromatic rings. The Morgan fingerprint density at radius 1 is 1.43 bits per heavy atom. The molecule has 0 spiro atoms. The standard InChI is InChI=1S/C14H15BrClNO5S/c1-17(10-4-5-23(20,21)8-10)13(18)7-22-14(19)11-6-9(15)2-3-12(11)16/h2-3,6,10H,4-5,7-8H2,1H3. The molecular formula is C14H15BrClNO5S. The van der Waals surface area contributed by atoms with Crippen LogP contribution in [0.3, 0.4) is 0 Å². The summed E-state index contributed by atoms with van der Waals surface area (Å²) in [5.41, 5.74) is 0.153. The number of likely N-dealkylation sites (N-methyl/N-ethyl adjacent to an activating group) is 1. The fourth-order valence-electron chi connectivity index (χ4n) is 2.25. The maximum atomic E-state index is 12.0. The van der Waals surface area contributed by atoms with Crippen molar-refractivity contribution in [1.82, 2.24) is 4.90 Å². The van der Waals surface area contributed by atoms with Crippen LogP contribution < -0.4 is 0 Å². The highest BCUT2D eigenvalue weighted by atomic mass is 79.9. The molecule has 0 bridgehead atoms. The van der Waals surface area contributed by atoms with Crippen LogP contribution in [0.2, 0.25) is 5.02 Å². The number of hydrogen-bond acceptors (Lipinski definition) is 5. The molecule has 9 heteroatoms. The van der Waals surface area contributed by atoms with Crippen molar-refractivity contribution in [2.75, 3.05) is 25.2 Å². The van der Waals surface area contributed by atoms with Crippen molar-refractivity contribution in [2.45, 2.75) is 12.5 Å². The molecule has 1 unspecified atom stereocenters. The second kappa shape index (κ2) is 7.19. The molecule has 6 nitrogen and oxygen atoms in total. The summed E-state index contributed by atoms with van der Waals surface area (Å²) in [5.74, 6) is -1.15. The third-order valence-electron chi connectivity index (χ3n) is 3.62. The Morgan fingerprint density at radius 3 is 2.74 bits per heavy atom. The molecule has 2 rings (SSSR count). The predicted octanol–water partition coefficient (Wildman–Crippen LogP) is 1.90. The minimum atomic E-state index is -3.08. The third kappa shape index (κ3) is 4.68. The van der Waals surface area contributed by atoms with Gasteiger partial charge in [0.25, 0.3) is 5.91 Å². The molecule has 1 aliphatic heterocycles. The fourth-order valence-corrected chi connectivity index (χ4v) is 4.58. The van der Waals surface area contributed by atoms with Gasteiger partial charge in [0, 0.05) is 17.6 Å². The molecule has 1 aromatic carbocycles. The Balaban J connectivity index is 1.93. The minimum Gasteiger partial charge on any atom is -0.452 e. The van der Waals surface area contributed by atoms with Crippen molar-refractivity contribution in [3.63, 3.8) is 0 Å². The lowest BCUT2D eigenvalue weighted by Crippen LogP contribution is -2.40. The number of hydrogen-bond donors (Lipinski definition) is 0. The van der Waals surface area contributed by atoms with Crippen molar-refractivity contribution in [1.29, 1.82) is 0 Å². The van der Waals surface area contributed by atoms with E-state index in [0.29, 0.717) is 10.9 Å². The predicted molar refractivity (Wildman–Crippen MR) is 89.3 cm³/mol. The van der Waals surface area contributed by atoms with Crippen LogP contribution in [0.5, 0.6) is 0 Å². The Bertz CT molecular complexity index is 737. The van der Waals surface area contributed by atoms with E-state index in [9.17, 15) is 18.0 Å². The molecule has 1 atom stereocenters. The van der Waals surface area contributed by atoms with Crippen LogP contribution in [-0.2, 0) is 19.4 Å². The molecule has 0 saturated carbocycles. The van der Waals surface area contributed by atoms with Crippen molar-refractivity contribution in [3.05, 3.63) is 33.3 Å². The summed E-state index contributed by atoms with van der Waals surface area (Å²) in [6, 6.07) is 4.35. The van der Waals surface area contributed by atoms with Gasteiger partial charge in [0.2, 0.25) is 0 Å². The van der Waals surface area contributed by atoms with Crippen LogP contribution in [-0.4, -0.2) is 56.4 Å². The number of carbonyl (C=O) groups is 2. The first-order valence-electron chi connectivity index (χ1n) is 6.78. The summed E-state index contributed by atoms with van der Waals surface area (Å²) in [6.45, 7) is -0.464. The van der Waals surface area contributed by atoms with Crippen LogP contribution in [0.25, 0.3) is 0 Å². The molecule has 1 fully saturated rings. The average molecular weight is 425 g/mol. The second-order valence-corrected chi connectivity index (χ2v) is 8.81. The zero-order valence-corrected chi connectivity index (χ0v) is 15.4. The lowest BCUT2D eigenvalue weighted by molar-refractivity contribution is -0.134. The van der Waals surface area contributed by atoms with E-state index in [1.807, 2.05) is 0 Å². The Labute approximate surface area is 147 Å². The van der Waals surface area contributed by atoms with E-state index in [1.54, 1.807) is 12.1 Å². The molecule has 0 N–H and O–H groups in total. The first kappa shape index (κ1) is 18.2. The van der Waals surface area contributed by atoms with Gasteiger partial charge >= 0.3 is 5.97 Å². The van der Waals surface area contributed by atoms with E-state index in [4.69, 9.17) is 16.3 Å². The number of carbonyl (C=O) groups excluding carboxylic acids is 2. The zero-order valence-electron chi connectivity index (χ0n) is 12.3. The Morgan fingerprint density at radius 2 is 2.13 bits per heavy atom. The first-order chi connectivity index (χ1) is 10.7. The van der Waals surface area contributed by atoms with Crippen LogP contribution in [0, 0.1) is 0 Å². The number of ether oxygens (including phenoxy) is 1. The highest BCUT2D eigenvalue weighted by molar-refractivity contribution is 9.10. The van der Waals surface area contributed by atoms with Crippen molar-refractivity contribution >= 4 is 49.2 Å². The summed E-state index contributed by atoms with van der Waals surface area (Å²) in [7, 11) is -1.58. The van der Waals surface area contributed by atoms with Gasteiger partial charge < -0.3 is 9.64 Å². The molecule has 1 saturated heterocycles. The fraction of sp³-hybridized carbons (Fsp3) is 0.429. The van der Waals surface area contributed by atoms with Crippen LogP contribution in [0.4, 0.5) is 0 Å². The number of esters is 1. The van der Waals surface area contributed by atoms with Gasteiger partial charge in [0.05, 0.1) is 22.1 Å². The highest BCUT2D eigenvalue weighted by Crippen LogP contribution is 2.22. The van der Waals surface area contributed by atoms with Crippen molar-refractivity contribution in [3.8, 4) is 0 Å². The number of nitrogens with zero attached hydrogens (tertiary/aromatic N) is 1. The zero-order chi connectivity index (χ0) is 17.2. The van der Waals surface area contributed by atoms with E-state index in [-0.39, 0.29) is 28.1 Å². The van der Waals surface area contributed by atoms with Crippen molar-refractivity contribution < 1.29 is 22.7 Å². The maximum absolute atomic E-state index is 12.0. The minimum absolute atomic E-state index is 0.0549. The first-order valence-corrected chi connectivity index (χ1v) is 9.77. The molecule has 0 aromatic heterocycles. The lowest BCUT2D eigenvalue weighted by atomic mass is 10.2. The highest BCUT2D eigenvalue weighted by Gasteiger charge is 2.33. The van der Waals surface area contributed by atoms with E-state index in [1.165, 1.54) is 18.0 Å². The monoisotopic (exact) mass is 423 g/mol. The summed E-state index contributed by atoms with van der Waals surface area (Å²) in [6.07, 6.45) is 0.399. The SMILES string of the molecule is CN(C(=O)COC(=O)c1cc(Br)ccc1Cl)C1CCS(=O)(=O)C1. The summed E-state index contributed by atoms with van der Waals surface area (Å²) >= 11 is 9.14. The number of sulfone groups is 1. The van der Waals surface area contributed by atoms with Crippen LogP contribution >= 0.6 is 27.5 Å². The quantitative estimate of drug-likeness (QED) is 0.690. The van der Waals surface area contributed by atoms with E-state index >= 15 is 0 Å². The Kier molecular flexibility index (Phi) is 5.70. The summed E-state index contributed by atoms with van der Waals surface area (Å²) in [4.78, 5) is 25.3. The smallest absolute Gasteiger partial charge is 0.340 e. The van der Waals surface area contributed by atoms with Gasteiger partial charge in [-0.25, -0.2) is 13.2 Å². The largest absolute Gasteiger partial charge is 0.452 e. The third-order valence-corrected chi connectivity index (χ3v) is 6.20. The van der Waals surface area contributed by atoms with Gasteiger partial charge in [-0.3, -0.25) is 4.79 Å². The van der Waals surface area contributed by atoms with Gasteiger partial charge in [-0.1, -0.05) is 27.5 Å². The molecule has 1 amide bonds. The maximum Gasteiger partial charge on any atom is 0.340 e. The molecular weight excluding hydrogens is 410 g/mol. The van der Waals surface area contributed by atoms with Gasteiger partial charge in [-0.05, 0) is 24.6 Å². The number of halogens is 2. The Hall–Kier alpha value is -1.12. The van der Waals surface area contributed by atoms with E-state index < -0.39 is 28.3 Å². The number of benzene rings is 1. The molecule has 1 aliphatic rings. The van der Waals surface area contributed by atoms with Gasteiger partial charge in [0.15, 0.2) is 16.4 Å². The van der Waals surface area contributed by atoms with E-state index in [2.05, 4.69) is 15.9 Å². The second-order valence-electron chi connectivity index (χ2n) is 5.26. The van der Waals surface area contributed by atoms with Crippen LogP contribution in [0.1, 0.15) is 16.8 Å². The van der Waals surface area contributed by atoms with Gasteiger partial charge in [0.1, 0.15) is 0 Å². The summed E-state index contributed by atoms with van der Waals surface area (Å²) in [5, 5.41) is 0.223. The number of amides is 1. The molecule has 1 heterocycles. The summed E-state index contributed by atoms with van der Waals surface area (Å²) < 4.78 is 28.5.